The largest absolute Gasteiger partial charge is 0.490 e. The molecule has 1 aliphatic rings. The topological polar surface area (TPSA) is 125 Å². The Hall–Kier alpha value is -3.60. The van der Waals surface area contributed by atoms with E-state index in [-0.39, 0.29) is 18.5 Å². The molecule has 0 aliphatic carbocycles. The summed E-state index contributed by atoms with van der Waals surface area (Å²) in [6.07, 6.45) is 3.19. The number of aliphatic hydroxyl groups excluding tert-OH is 1. The van der Waals surface area contributed by atoms with Crippen LogP contribution in [0.2, 0.25) is 5.02 Å². The molecule has 38 heavy (non-hydrogen) atoms. The van der Waals surface area contributed by atoms with E-state index < -0.39 is 6.10 Å². The molecule has 0 spiro atoms. The molecule has 1 aromatic heterocycles. The van der Waals surface area contributed by atoms with Crippen LogP contribution in [0.1, 0.15) is 30.1 Å². The number of carbonyl (C=O) groups excluding carboxylic acids is 2. The first-order valence-electron chi connectivity index (χ1n) is 12.6. The number of β-amino-alcohol motifs (C(OH)–C–C–N with tert-alkyl or cyclic N) is 1. The van der Waals surface area contributed by atoms with Gasteiger partial charge in [0.1, 0.15) is 30.0 Å². The van der Waals surface area contributed by atoms with Gasteiger partial charge in [0.05, 0.1) is 21.8 Å². The number of amides is 3. The Morgan fingerprint density at radius 1 is 1.16 bits per heavy atom. The number of pyridine rings is 1. The van der Waals surface area contributed by atoms with E-state index in [1.807, 2.05) is 6.92 Å². The standard InChI is InChI=1S/C27H32ClN5O5/c1-3-30-27(36)32-22-7-6-18(12-21(22)28)38-24-8-9-31-23-14-25(20(13-19(23)24)26(35)29-2)37-16-17(34)15-33-10-4-5-11-33/h6-9,12-14,17,34H,3-5,10-11,15-16H2,1-2H3,(H,29,35)(H2,30,32,36). The Morgan fingerprint density at radius 3 is 2.66 bits per heavy atom. The van der Waals surface area contributed by atoms with Gasteiger partial charge in [0.2, 0.25) is 0 Å². The first kappa shape index (κ1) is 27.4. The minimum absolute atomic E-state index is 0.0529. The summed E-state index contributed by atoms with van der Waals surface area (Å²) in [6, 6.07) is 9.57. The summed E-state index contributed by atoms with van der Waals surface area (Å²) in [5.41, 5.74) is 1.30. The molecule has 2 heterocycles. The van der Waals surface area contributed by atoms with Crippen LogP contribution in [0.4, 0.5) is 10.5 Å². The monoisotopic (exact) mass is 541 g/mol. The molecule has 1 saturated heterocycles. The molecule has 0 bridgehead atoms. The van der Waals surface area contributed by atoms with Gasteiger partial charge in [-0.2, -0.15) is 0 Å². The highest BCUT2D eigenvalue weighted by Crippen LogP contribution is 2.35. The normalized spacial score (nSPS) is 14.2. The van der Waals surface area contributed by atoms with Crippen LogP contribution < -0.4 is 25.4 Å². The number of nitrogens with zero attached hydrogens (tertiary/aromatic N) is 2. The van der Waals surface area contributed by atoms with Crippen molar-refractivity contribution >= 4 is 40.1 Å². The van der Waals surface area contributed by atoms with Crippen molar-refractivity contribution in [2.75, 3.05) is 45.2 Å². The second-order valence-corrected chi connectivity index (χ2v) is 9.36. The molecule has 10 nitrogen and oxygen atoms in total. The summed E-state index contributed by atoms with van der Waals surface area (Å²) in [4.78, 5) is 31.1. The number of hydrogen-bond donors (Lipinski definition) is 4. The maximum Gasteiger partial charge on any atom is 0.319 e. The molecule has 0 saturated carbocycles. The van der Waals surface area contributed by atoms with Gasteiger partial charge in [-0.15, -0.1) is 0 Å². The SMILES string of the molecule is CCNC(=O)Nc1ccc(Oc2ccnc3cc(OCC(O)CN4CCCC4)c(C(=O)NC)cc23)cc1Cl. The third-order valence-corrected chi connectivity index (χ3v) is 6.44. The second kappa shape index (κ2) is 12.8. The van der Waals surface area contributed by atoms with Crippen LogP contribution in [0.3, 0.4) is 0 Å². The van der Waals surface area contributed by atoms with Crippen LogP contribution in [0, 0.1) is 0 Å². The van der Waals surface area contributed by atoms with Gasteiger partial charge in [0, 0.05) is 43.9 Å². The van der Waals surface area contributed by atoms with Gasteiger partial charge in [0.25, 0.3) is 5.91 Å². The molecule has 1 atom stereocenters. The lowest BCUT2D eigenvalue weighted by molar-refractivity contribution is 0.0746. The Labute approximate surface area is 226 Å². The highest BCUT2D eigenvalue weighted by atomic mass is 35.5. The fourth-order valence-corrected chi connectivity index (χ4v) is 4.50. The van der Waals surface area contributed by atoms with E-state index in [0.717, 1.165) is 25.9 Å². The minimum atomic E-state index is -0.681. The average Bonchev–Trinajstić information content (AvgIpc) is 3.41. The van der Waals surface area contributed by atoms with E-state index in [4.69, 9.17) is 21.1 Å². The molecule has 2 aromatic carbocycles. The molecule has 1 fully saturated rings. The van der Waals surface area contributed by atoms with Gasteiger partial charge < -0.3 is 35.4 Å². The number of carbonyl (C=O) groups is 2. The maximum atomic E-state index is 12.7. The fourth-order valence-electron chi connectivity index (χ4n) is 4.29. The molecular weight excluding hydrogens is 510 g/mol. The van der Waals surface area contributed by atoms with Gasteiger partial charge in [-0.1, -0.05) is 11.6 Å². The molecule has 3 amide bonds. The number of anilines is 1. The molecule has 0 radical (unpaired) electrons. The number of urea groups is 1. The van der Waals surface area contributed by atoms with Crippen LogP contribution in [0.15, 0.2) is 42.6 Å². The average molecular weight is 542 g/mol. The number of aliphatic hydroxyl groups is 1. The van der Waals surface area contributed by atoms with Gasteiger partial charge in [0.15, 0.2) is 0 Å². The summed E-state index contributed by atoms with van der Waals surface area (Å²) in [7, 11) is 1.54. The smallest absolute Gasteiger partial charge is 0.319 e. The predicted octanol–water partition coefficient (Wildman–Crippen LogP) is 4.02. The summed E-state index contributed by atoms with van der Waals surface area (Å²) in [5.74, 6) is 0.887. The van der Waals surface area contributed by atoms with Crippen LogP contribution in [-0.2, 0) is 0 Å². The van der Waals surface area contributed by atoms with E-state index in [0.29, 0.717) is 57.5 Å². The number of halogens is 1. The van der Waals surface area contributed by atoms with Gasteiger partial charge in [-0.3, -0.25) is 9.78 Å². The van der Waals surface area contributed by atoms with Gasteiger partial charge in [-0.25, -0.2) is 4.79 Å². The number of benzene rings is 2. The zero-order valence-corrected chi connectivity index (χ0v) is 22.2. The van der Waals surface area contributed by atoms with E-state index >= 15 is 0 Å². The van der Waals surface area contributed by atoms with Gasteiger partial charge in [-0.05, 0) is 57.1 Å². The number of aromatic nitrogens is 1. The molecular formula is C27H32ClN5O5. The van der Waals surface area contributed by atoms with Crippen molar-refractivity contribution in [3.63, 3.8) is 0 Å². The first-order valence-corrected chi connectivity index (χ1v) is 13.0. The molecule has 202 valence electrons. The third kappa shape index (κ3) is 6.83. The Balaban J connectivity index is 1.56. The van der Waals surface area contributed by atoms with Crippen molar-refractivity contribution in [1.29, 1.82) is 0 Å². The molecule has 3 aromatic rings. The Kier molecular flexibility index (Phi) is 9.22. The van der Waals surface area contributed by atoms with Crippen molar-refractivity contribution in [2.45, 2.75) is 25.9 Å². The second-order valence-electron chi connectivity index (χ2n) is 8.95. The van der Waals surface area contributed by atoms with Crippen molar-refractivity contribution in [1.82, 2.24) is 20.5 Å². The van der Waals surface area contributed by atoms with E-state index in [2.05, 4.69) is 25.8 Å². The number of hydrogen-bond acceptors (Lipinski definition) is 7. The third-order valence-electron chi connectivity index (χ3n) is 6.13. The van der Waals surface area contributed by atoms with Crippen LogP contribution >= 0.6 is 11.6 Å². The number of fused-ring (bicyclic) bond motifs is 1. The summed E-state index contributed by atoms with van der Waals surface area (Å²) in [5, 5.41) is 19.3. The summed E-state index contributed by atoms with van der Waals surface area (Å²) < 4.78 is 12.0. The quantitative estimate of drug-likeness (QED) is 0.305. The molecule has 4 rings (SSSR count). The van der Waals surface area contributed by atoms with Crippen LogP contribution in [-0.4, -0.2) is 72.9 Å². The minimum Gasteiger partial charge on any atom is -0.490 e. The van der Waals surface area contributed by atoms with Crippen molar-refractivity contribution < 1.29 is 24.2 Å². The molecule has 1 unspecified atom stereocenters. The molecule has 4 N–H and O–H groups in total. The van der Waals surface area contributed by atoms with E-state index in [1.54, 1.807) is 42.6 Å². The zero-order valence-electron chi connectivity index (χ0n) is 21.4. The summed E-state index contributed by atoms with van der Waals surface area (Å²) in [6.45, 7) is 4.84. The van der Waals surface area contributed by atoms with E-state index in [1.165, 1.54) is 7.05 Å². The lowest BCUT2D eigenvalue weighted by Crippen LogP contribution is -2.34. The number of ether oxygens (including phenoxy) is 2. The van der Waals surface area contributed by atoms with E-state index in [9.17, 15) is 14.7 Å². The molecule has 1 aliphatic heterocycles. The number of rotatable bonds is 10. The zero-order chi connectivity index (χ0) is 27.1. The molecule has 11 heteroatoms. The number of likely N-dealkylation sites (tertiary alicyclic amines) is 1. The van der Waals surface area contributed by atoms with Crippen molar-refractivity contribution in [3.05, 3.63) is 53.2 Å². The Bertz CT molecular complexity index is 1300. The predicted molar refractivity (Wildman–Crippen MR) is 147 cm³/mol. The van der Waals surface area contributed by atoms with Crippen LogP contribution in [0.5, 0.6) is 17.2 Å². The fraction of sp³-hybridized carbons (Fsp3) is 0.370. The lowest BCUT2D eigenvalue weighted by Gasteiger charge is -2.20. The Morgan fingerprint density at radius 2 is 1.95 bits per heavy atom. The van der Waals surface area contributed by atoms with Crippen molar-refractivity contribution in [3.8, 4) is 17.2 Å². The summed E-state index contributed by atoms with van der Waals surface area (Å²) >= 11 is 6.35. The number of nitrogens with one attached hydrogen (secondary N) is 3. The van der Waals surface area contributed by atoms with Gasteiger partial charge >= 0.3 is 6.03 Å². The highest BCUT2D eigenvalue weighted by Gasteiger charge is 2.20. The highest BCUT2D eigenvalue weighted by molar-refractivity contribution is 6.33. The first-order chi connectivity index (χ1) is 18.4. The lowest BCUT2D eigenvalue weighted by atomic mass is 10.1. The van der Waals surface area contributed by atoms with Crippen molar-refractivity contribution in [2.24, 2.45) is 0 Å². The maximum absolute atomic E-state index is 12.7. The van der Waals surface area contributed by atoms with Crippen LogP contribution in [0.25, 0.3) is 10.9 Å².